The summed E-state index contributed by atoms with van der Waals surface area (Å²) in [5.74, 6) is -0.0772. The van der Waals surface area contributed by atoms with E-state index in [0.717, 1.165) is 13.1 Å². The Morgan fingerprint density at radius 2 is 2.44 bits per heavy atom. The summed E-state index contributed by atoms with van der Waals surface area (Å²) in [5, 5.41) is 6.08. The van der Waals surface area contributed by atoms with Crippen LogP contribution in [0.15, 0.2) is 0 Å². The standard InChI is InChI=1S/C11H22N2O3/c1-4-11(2,15-3)10(14)13-8-9-7-12-5-6-16-9/h9,12H,4-8H2,1-3H3,(H,13,14). The van der Waals surface area contributed by atoms with Crippen LogP contribution < -0.4 is 10.6 Å². The molecule has 1 fully saturated rings. The van der Waals surface area contributed by atoms with E-state index in [1.807, 2.05) is 6.92 Å². The van der Waals surface area contributed by atoms with Crippen molar-refractivity contribution in [2.75, 3.05) is 33.4 Å². The van der Waals surface area contributed by atoms with Gasteiger partial charge in [0.2, 0.25) is 0 Å². The monoisotopic (exact) mass is 230 g/mol. The van der Waals surface area contributed by atoms with Crippen molar-refractivity contribution < 1.29 is 14.3 Å². The van der Waals surface area contributed by atoms with Gasteiger partial charge in [-0.15, -0.1) is 0 Å². The highest BCUT2D eigenvalue weighted by Crippen LogP contribution is 2.13. The Morgan fingerprint density at radius 1 is 1.69 bits per heavy atom. The first-order valence-electron chi connectivity index (χ1n) is 5.78. The summed E-state index contributed by atoms with van der Waals surface area (Å²) in [5.41, 5.74) is -0.734. The van der Waals surface area contributed by atoms with Crippen LogP contribution in [0.3, 0.4) is 0 Å². The number of hydrogen-bond donors (Lipinski definition) is 2. The second-order valence-corrected chi connectivity index (χ2v) is 4.20. The van der Waals surface area contributed by atoms with E-state index >= 15 is 0 Å². The number of ether oxygens (including phenoxy) is 2. The molecular weight excluding hydrogens is 208 g/mol. The largest absolute Gasteiger partial charge is 0.374 e. The average Bonchev–Trinajstić information content (AvgIpc) is 2.36. The summed E-state index contributed by atoms with van der Waals surface area (Å²) in [6.45, 7) is 6.63. The summed E-state index contributed by atoms with van der Waals surface area (Å²) in [6.07, 6.45) is 0.717. The lowest BCUT2D eigenvalue weighted by Crippen LogP contribution is -2.51. The highest BCUT2D eigenvalue weighted by Gasteiger charge is 2.31. The van der Waals surface area contributed by atoms with Gasteiger partial charge in [-0.2, -0.15) is 0 Å². The van der Waals surface area contributed by atoms with Crippen LogP contribution >= 0.6 is 0 Å². The Labute approximate surface area is 96.9 Å². The fourth-order valence-corrected chi connectivity index (χ4v) is 1.54. The number of hydrogen-bond acceptors (Lipinski definition) is 4. The predicted molar refractivity (Wildman–Crippen MR) is 61.3 cm³/mol. The fraction of sp³-hybridized carbons (Fsp3) is 0.909. The lowest BCUT2D eigenvalue weighted by molar-refractivity contribution is -0.142. The minimum atomic E-state index is -0.734. The minimum absolute atomic E-state index is 0.0654. The molecule has 1 heterocycles. The fourth-order valence-electron chi connectivity index (χ4n) is 1.54. The molecule has 0 saturated carbocycles. The number of carbonyl (C=O) groups excluding carboxylic acids is 1. The maximum absolute atomic E-state index is 11.9. The summed E-state index contributed by atoms with van der Waals surface area (Å²) < 4.78 is 10.7. The van der Waals surface area contributed by atoms with E-state index in [4.69, 9.17) is 9.47 Å². The van der Waals surface area contributed by atoms with Crippen molar-refractivity contribution in [1.29, 1.82) is 0 Å². The summed E-state index contributed by atoms with van der Waals surface area (Å²) >= 11 is 0. The molecule has 0 bridgehead atoms. The van der Waals surface area contributed by atoms with Crippen LogP contribution in [0.5, 0.6) is 0 Å². The van der Waals surface area contributed by atoms with E-state index in [1.54, 1.807) is 14.0 Å². The van der Waals surface area contributed by atoms with Crippen molar-refractivity contribution in [3.8, 4) is 0 Å². The van der Waals surface area contributed by atoms with Crippen molar-refractivity contribution in [1.82, 2.24) is 10.6 Å². The van der Waals surface area contributed by atoms with E-state index < -0.39 is 5.60 Å². The molecule has 0 radical (unpaired) electrons. The SMILES string of the molecule is CCC(C)(OC)C(=O)NCC1CNCCO1. The maximum atomic E-state index is 11.9. The van der Waals surface area contributed by atoms with Crippen LogP contribution in [0.1, 0.15) is 20.3 Å². The molecule has 2 N–H and O–H groups in total. The van der Waals surface area contributed by atoms with Crippen LogP contribution in [0.4, 0.5) is 0 Å². The molecule has 2 unspecified atom stereocenters. The Morgan fingerprint density at radius 3 is 2.94 bits per heavy atom. The van der Waals surface area contributed by atoms with Crippen LogP contribution in [0, 0.1) is 0 Å². The lowest BCUT2D eigenvalue weighted by Gasteiger charge is -2.28. The van der Waals surface area contributed by atoms with Crippen molar-refractivity contribution >= 4 is 5.91 Å². The van der Waals surface area contributed by atoms with Gasteiger partial charge < -0.3 is 20.1 Å². The van der Waals surface area contributed by atoms with E-state index in [2.05, 4.69) is 10.6 Å². The highest BCUT2D eigenvalue weighted by molar-refractivity contribution is 5.84. The number of amides is 1. The summed E-state index contributed by atoms with van der Waals surface area (Å²) in [6, 6.07) is 0. The molecule has 16 heavy (non-hydrogen) atoms. The van der Waals surface area contributed by atoms with Crippen molar-refractivity contribution in [2.45, 2.75) is 32.0 Å². The Hall–Kier alpha value is -0.650. The van der Waals surface area contributed by atoms with E-state index in [-0.39, 0.29) is 12.0 Å². The summed E-state index contributed by atoms with van der Waals surface area (Å²) in [7, 11) is 1.56. The second-order valence-electron chi connectivity index (χ2n) is 4.20. The molecule has 2 atom stereocenters. The maximum Gasteiger partial charge on any atom is 0.252 e. The Bertz CT molecular complexity index is 223. The van der Waals surface area contributed by atoms with Crippen molar-refractivity contribution in [3.05, 3.63) is 0 Å². The Balaban J connectivity index is 2.33. The van der Waals surface area contributed by atoms with Crippen molar-refractivity contribution in [3.63, 3.8) is 0 Å². The molecule has 5 heteroatoms. The van der Waals surface area contributed by atoms with Crippen LogP contribution in [0.25, 0.3) is 0 Å². The third kappa shape index (κ3) is 3.43. The second kappa shape index (κ2) is 6.18. The number of methoxy groups -OCH3 is 1. The lowest BCUT2D eigenvalue weighted by atomic mass is 10.0. The van der Waals surface area contributed by atoms with Gasteiger partial charge in [0.25, 0.3) is 5.91 Å². The first-order chi connectivity index (χ1) is 7.62. The number of morpholine rings is 1. The molecule has 1 saturated heterocycles. The smallest absolute Gasteiger partial charge is 0.252 e. The average molecular weight is 230 g/mol. The molecule has 1 rings (SSSR count). The molecule has 5 nitrogen and oxygen atoms in total. The van der Waals surface area contributed by atoms with E-state index in [1.165, 1.54) is 0 Å². The van der Waals surface area contributed by atoms with E-state index in [0.29, 0.717) is 19.6 Å². The predicted octanol–water partition coefficient (Wildman–Crippen LogP) is -0.0939. The zero-order valence-corrected chi connectivity index (χ0v) is 10.3. The van der Waals surface area contributed by atoms with Crippen LogP contribution in [-0.4, -0.2) is 51.0 Å². The molecular formula is C11H22N2O3. The zero-order valence-electron chi connectivity index (χ0n) is 10.3. The van der Waals surface area contributed by atoms with Gasteiger partial charge in [0.15, 0.2) is 0 Å². The van der Waals surface area contributed by atoms with Crippen LogP contribution in [-0.2, 0) is 14.3 Å². The first kappa shape index (κ1) is 13.4. The molecule has 94 valence electrons. The van der Waals surface area contributed by atoms with Gasteiger partial charge in [0.1, 0.15) is 5.60 Å². The molecule has 1 aliphatic rings. The van der Waals surface area contributed by atoms with Gasteiger partial charge in [0.05, 0.1) is 12.7 Å². The third-order valence-electron chi connectivity index (χ3n) is 3.10. The van der Waals surface area contributed by atoms with Crippen LogP contribution in [0.2, 0.25) is 0 Å². The first-order valence-corrected chi connectivity index (χ1v) is 5.78. The molecule has 0 aromatic rings. The normalized spacial score (nSPS) is 24.8. The highest BCUT2D eigenvalue weighted by atomic mass is 16.5. The third-order valence-corrected chi connectivity index (χ3v) is 3.10. The summed E-state index contributed by atoms with van der Waals surface area (Å²) in [4.78, 5) is 11.9. The number of nitrogens with one attached hydrogen (secondary N) is 2. The molecule has 1 aliphatic heterocycles. The number of carbonyl (C=O) groups is 1. The van der Waals surface area contributed by atoms with Gasteiger partial charge in [-0.25, -0.2) is 0 Å². The quantitative estimate of drug-likeness (QED) is 0.693. The topological polar surface area (TPSA) is 59.6 Å². The molecule has 0 aromatic carbocycles. The Kier molecular flexibility index (Phi) is 5.18. The molecule has 1 amide bonds. The van der Waals surface area contributed by atoms with E-state index in [9.17, 15) is 4.79 Å². The molecule has 0 spiro atoms. The minimum Gasteiger partial charge on any atom is -0.374 e. The zero-order chi connectivity index (χ0) is 12.0. The van der Waals surface area contributed by atoms with Gasteiger partial charge in [-0.05, 0) is 13.3 Å². The van der Waals surface area contributed by atoms with Gasteiger partial charge in [-0.3, -0.25) is 4.79 Å². The van der Waals surface area contributed by atoms with Gasteiger partial charge in [-0.1, -0.05) is 6.92 Å². The van der Waals surface area contributed by atoms with Gasteiger partial charge in [0, 0.05) is 26.7 Å². The molecule has 0 aromatic heterocycles. The van der Waals surface area contributed by atoms with Crippen molar-refractivity contribution in [2.24, 2.45) is 0 Å². The number of rotatable bonds is 5. The molecule has 0 aliphatic carbocycles. The van der Waals surface area contributed by atoms with Gasteiger partial charge >= 0.3 is 0 Å².